The Hall–Kier alpha value is -1.63. The van der Waals surface area contributed by atoms with E-state index in [1.165, 1.54) is 0 Å². The first-order chi connectivity index (χ1) is 15.1. The number of nitrogens with two attached hydrogens (primary N) is 1. The van der Waals surface area contributed by atoms with Gasteiger partial charge in [-0.1, -0.05) is 4.73 Å². The van der Waals surface area contributed by atoms with Gasteiger partial charge in [0, 0.05) is 0 Å². The van der Waals surface area contributed by atoms with Crippen molar-refractivity contribution in [1.29, 1.82) is 0 Å². The number of phosphoric acid groups is 3. The number of aromatic amines is 1. The highest BCUT2D eigenvalue weighted by atomic mass is 31.3. The third-order valence-electron chi connectivity index (χ3n) is 3.96. The monoisotopic (exact) mass is 541 g/mol. The number of rotatable bonds is 9. The van der Waals surface area contributed by atoms with E-state index in [9.17, 15) is 38.1 Å². The zero-order valence-electron chi connectivity index (χ0n) is 15.6. The molecule has 0 spiro atoms. The van der Waals surface area contributed by atoms with E-state index in [-0.39, 0.29) is 17.1 Å². The first kappa shape index (κ1) is 26.0. The lowest BCUT2D eigenvalue weighted by Crippen LogP contribution is -2.33. The maximum absolute atomic E-state index is 11.9. The summed E-state index contributed by atoms with van der Waals surface area (Å²) in [6.45, 7) is -1.05. The van der Waals surface area contributed by atoms with Crippen LogP contribution in [0.25, 0.3) is 11.2 Å². The second-order valence-electron chi connectivity index (χ2n) is 6.26. The average molecular weight is 541 g/mol. The normalized spacial score (nSPS) is 28.9. The Morgan fingerprint density at radius 2 is 1.79 bits per heavy atom. The summed E-state index contributed by atoms with van der Waals surface area (Å²) in [7, 11) is -17.2. The Balaban J connectivity index is 1.71. The van der Waals surface area contributed by atoms with Crippen LogP contribution in [0.5, 0.6) is 0 Å². The summed E-state index contributed by atoms with van der Waals surface area (Å²) in [5.74, 6) is -0.290. The van der Waals surface area contributed by atoms with E-state index >= 15 is 0 Å². The first-order valence-electron chi connectivity index (χ1n) is 8.24. The molecule has 2 aromatic heterocycles. The summed E-state index contributed by atoms with van der Waals surface area (Å²) in [6, 6.07) is 0. The average Bonchev–Trinajstić information content (AvgIpc) is 3.20. The molecule has 3 rings (SSSR count). The lowest BCUT2D eigenvalue weighted by atomic mass is 10.1. The molecule has 3 unspecified atom stereocenters. The second kappa shape index (κ2) is 9.20. The number of aliphatic hydroxyl groups is 2. The topological polar surface area (TPSA) is 288 Å². The Bertz CT molecular complexity index is 1240. The molecule has 1 saturated heterocycles. The Morgan fingerprint density at radius 3 is 2.42 bits per heavy atom. The van der Waals surface area contributed by atoms with Gasteiger partial charge in [0.05, 0.1) is 12.9 Å². The van der Waals surface area contributed by atoms with E-state index in [0.717, 1.165) is 10.9 Å². The van der Waals surface area contributed by atoms with Crippen LogP contribution in [-0.2, 0) is 36.3 Å². The standard InChI is InChI=1S/C10H15FN5O14P3/c11-28-32(22,23)30-33(24,25)29-31(20,21)26-1-3-5(17)6(18)9(27-3)16-2-13-4-7(16)14-10(12)15-8(4)19/h2-3,5-6,9,17-18H,1H2,(H,20,21)(H,22,23)(H,24,25)(H3,12,14,15,19)/t3-,5-,6-,9-/m1/s1. The first-order valence-corrected chi connectivity index (χ1v) is 12.7. The molecule has 33 heavy (non-hydrogen) atoms. The molecule has 8 N–H and O–H groups in total. The van der Waals surface area contributed by atoms with Gasteiger partial charge in [-0.3, -0.25) is 18.9 Å². The molecule has 1 fully saturated rings. The van der Waals surface area contributed by atoms with Crippen molar-refractivity contribution in [2.75, 3.05) is 12.3 Å². The molecular formula is C10H15FN5O14P3. The van der Waals surface area contributed by atoms with Crippen molar-refractivity contribution in [2.24, 2.45) is 0 Å². The molecule has 0 radical (unpaired) electrons. The van der Waals surface area contributed by atoms with E-state index in [2.05, 4.69) is 32.8 Å². The van der Waals surface area contributed by atoms with Crippen molar-refractivity contribution in [3.05, 3.63) is 16.7 Å². The van der Waals surface area contributed by atoms with Gasteiger partial charge in [0.15, 0.2) is 17.4 Å². The molecule has 0 aliphatic carbocycles. The smallest absolute Gasteiger partial charge is 0.387 e. The molecule has 23 heteroatoms. The minimum atomic E-state index is -5.86. The number of ether oxygens (including phenoxy) is 1. The van der Waals surface area contributed by atoms with Gasteiger partial charge in [0.2, 0.25) is 5.95 Å². The molecule has 1 aliphatic heterocycles. The van der Waals surface area contributed by atoms with Crippen molar-refractivity contribution in [2.45, 2.75) is 24.5 Å². The minimum absolute atomic E-state index is 0.132. The number of hydrogen-bond donors (Lipinski definition) is 7. The number of H-pyrrole nitrogens is 1. The van der Waals surface area contributed by atoms with E-state index in [4.69, 9.17) is 20.3 Å². The lowest BCUT2D eigenvalue weighted by molar-refractivity contribution is -0.0507. The van der Waals surface area contributed by atoms with Crippen LogP contribution >= 0.6 is 23.5 Å². The quantitative estimate of drug-likeness (QED) is 0.179. The van der Waals surface area contributed by atoms with E-state index in [1.54, 1.807) is 0 Å². The number of halogens is 1. The van der Waals surface area contributed by atoms with Gasteiger partial charge >= 0.3 is 23.5 Å². The van der Waals surface area contributed by atoms with Crippen LogP contribution in [0.1, 0.15) is 6.23 Å². The predicted octanol–water partition coefficient (Wildman–Crippen LogP) is -1.43. The zero-order valence-corrected chi connectivity index (χ0v) is 18.3. The predicted molar refractivity (Wildman–Crippen MR) is 98.3 cm³/mol. The summed E-state index contributed by atoms with van der Waals surface area (Å²) < 4.78 is 66.0. The Kier molecular flexibility index (Phi) is 7.24. The fraction of sp³-hybridized carbons (Fsp3) is 0.500. The number of fused-ring (bicyclic) bond motifs is 1. The molecule has 0 bridgehead atoms. The van der Waals surface area contributed by atoms with Crippen molar-refractivity contribution < 1.29 is 65.7 Å². The highest BCUT2D eigenvalue weighted by Crippen LogP contribution is 2.67. The molecule has 0 amide bonds. The highest BCUT2D eigenvalue weighted by molar-refractivity contribution is 7.66. The van der Waals surface area contributed by atoms with E-state index in [1.807, 2.05) is 0 Å². The number of nitrogen functional groups attached to an aromatic ring is 1. The van der Waals surface area contributed by atoms with Crippen LogP contribution in [-0.4, -0.2) is 69.3 Å². The maximum Gasteiger partial charge on any atom is 0.512 e. The second-order valence-corrected chi connectivity index (χ2v) is 10.8. The number of anilines is 1. The number of nitrogens with zero attached hydrogens (tertiary/aromatic N) is 3. The summed E-state index contributed by atoms with van der Waals surface area (Å²) in [5.41, 5.74) is 4.45. The number of aliphatic hydroxyl groups excluding tert-OH is 2. The van der Waals surface area contributed by atoms with Gasteiger partial charge < -0.3 is 35.4 Å². The van der Waals surface area contributed by atoms with Crippen LogP contribution in [0.3, 0.4) is 0 Å². The molecule has 3 heterocycles. The number of phosphoric ester groups is 1. The molecule has 2 aromatic rings. The molecule has 0 aromatic carbocycles. The number of hydrogen-bond acceptors (Lipinski definition) is 14. The maximum atomic E-state index is 11.9. The van der Waals surface area contributed by atoms with Gasteiger partial charge in [-0.2, -0.15) is 13.6 Å². The van der Waals surface area contributed by atoms with Crippen molar-refractivity contribution in [3.63, 3.8) is 0 Å². The van der Waals surface area contributed by atoms with Crippen LogP contribution in [0.4, 0.5) is 10.5 Å². The van der Waals surface area contributed by atoms with Gasteiger partial charge in [0.25, 0.3) is 5.56 Å². The van der Waals surface area contributed by atoms with Gasteiger partial charge in [-0.15, -0.1) is 0 Å². The summed E-state index contributed by atoms with van der Waals surface area (Å²) >= 11 is 0. The van der Waals surface area contributed by atoms with Gasteiger partial charge in [-0.25, -0.2) is 18.7 Å². The number of aromatic nitrogens is 4. The summed E-state index contributed by atoms with van der Waals surface area (Å²) in [4.78, 5) is 49.0. The van der Waals surface area contributed by atoms with E-state index < -0.39 is 60.2 Å². The fourth-order valence-electron chi connectivity index (χ4n) is 2.71. The van der Waals surface area contributed by atoms with Crippen molar-refractivity contribution in [1.82, 2.24) is 19.5 Å². The Morgan fingerprint density at radius 1 is 1.15 bits per heavy atom. The minimum Gasteiger partial charge on any atom is -0.387 e. The fourth-order valence-corrected chi connectivity index (χ4v) is 5.80. The van der Waals surface area contributed by atoms with Gasteiger partial charge in [0.1, 0.15) is 18.3 Å². The third kappa shape index (κ3) is 5.90. The zero-order chi connectivity index (χ0) is 24.8. The van der Waals surface area contributed by atoms with E-state index in [0.29, 0.717) is 0 Å². The molecule has 1 aliphatic rings. The third-order valence-corrected chi connectivity index (χ3v) is 7.92. The summed E-state index contributed by atoms with van der Waals surface area (Å²) in [6.07, 6.45) is -5.47. The summed E-state index contributed by atoms with van der Waals surface area (Å²) in [5, 5.41) is 20.4. The SMILES string of the molecule is Nc1nc2c(ncn2[C@@H]2O[C@H](COP(=O)(O)OP(=O)(O)OP(=O)(O)OF)[C@@H](O)[C@H]2O)c(=O)[nH]1. The largest absolute Gasteiger partial charge is 0.512 e. The molecule has 19 nitrogen and oxygen atoms in total. The van der Waals surface area contributed by atoms with Crippen LogP contribution < -0.4 is 11.3 Å². The van der Waals surface area contributed by atoms with Crippen LogP contribution in [0, 0.1) is 0 Å². The number of nitrogens with one attached hydrogen (secondary N) is 1. The molecule has 186 valence electrons. The van der Waals surface area contributed by atoms with Gasteiger partial charge in [-0.05, 0) is 4.53 Å². The number of imidazole rings is 1. The van der Waals surface area contributed by atoms with Crippen molar-refractivity contribution in [3.8, 4) is 0 Å². The van der Waals surface area contributed by atoms with Crippen molar-refractivity contribution >= 4 is 40.6 Å². The lowest BCUT2D eigenvalue weighted by Gasteiger charge is -2.19. The van der Waals surface area contributed by atoms with Crippen LogP contribution in [0.15, 0.2) is 11.1 Å². The van der Waals surface area contributed by atoms with Crippen LogP contribution in [0.2, 0.25) is 0 Å². The molecule has 0 saturated carbocycles. The highest BCUT2D eigenvalue weighted by Gasteiger charge is 2.47. The molecule has 7 atom stereocenters. The Labute approximate surface area is 180 Å². The molecular weight excluding hydrogens is 526 g/mol.